The largest absolute Gasteiger partial charge is 0.491 e. The van der Waals surface area contributed by atoms with Gasteiger partial charge in [0.05, 0.1) is 18.2 Å². The zero-order valence-electron chi connectivity index (χ0n) is 18.3. The van der Waals surface area contributed by atoms with Gasteiger partial charge in [0, 0.05) is 50.6 Å². The highest BCUT2D eigenvalue weighted by Gasteiger charge is 2.23. The van der Waals surface area contributed by atoms with Crippen LogP contribution in [-0.2, 0) is 7.05 Å². The van der Waals surface area contributed by atoms with Gasteiger partial charge in [0.2, 0.25) is 5.88 Å². The van der Waals surface area contributed by atoms with Crippen LogP contribution >= 0.6 is 0 Å². The van der Waals surface area contributed by atoms with Crippen molar-refractivity contribution >= 4 is 17.8 Å². The van der Waals surface area contributed by atoms with E-state index in [1.165, 1.54) is 0 Å². The summed E-state index contributed by atoms with van der Waals surface area (Å²) in [7, 11) is 1.87. The van der Waals surface area contributed by atoms with Crippen molar-refractivity contribution in [3.05, 3.63) is 54.4 Å². The number of likely N-dealkylation sites (tertiary alicyclic amines) is 1. The van der Waals surface area contributed by atoms with Gasteiger partial charge in [-0.1, -0.05) is 0 Å². The van der Waals surface area contributed by atoms with Crippen LogP contribution in [-0.4, -0.2) is 58.4 Å². The van der Waals surface area contributed by atoms with E-state index in [0.29, 0.717) is 43.5 Å². The van der Waals surface area contributed by atoms with E-state index in [1.807, 2.05) is 48.5 Å². The third-order valence-electron chi connectivity index (χ3n) is 5.69. The van der Waals surface area contributed by atoms with Crippen molar-refractivity contribution in [1.82, 2.24) is 19.7 Å². The average Bonchev–Trinajstić information content (AvgIpc) is 3.43. The molecule has 0 amide bonds. The molecule has 33 heavy (non-hydrogen) atoms. The van der Waals surface area contributed by atoms with Crippen LogP contribution in [0.1, 0.15) is 18.2 Å². The fourth-order valence-electron chi connectivity index (χ4n) is 3.96. The zero-order chi connectivity index (χ0) is 22.8. The van der Waals surface area contributed by atoms with Gasteiger partial charge in [-0.3, -0.25) is 19.5 Å². The summed E-state index contributed by atoms with van der Waals surface area (Å²) in [6.45, 7) is 2.46. The SMILES string of the molecule is Cn1ccc(N2C=NC(N)c3cc(Oc4ccc(OCCN5CC[C@@H](F)C5)cn4)ccc32)n1. The lowest BCUT2D eigenvalue weighted by molar-refractivity contribution is 0.224. The molecule has 172 valence electrons. The number of aromatic nitrogens is 3. The molecule has 4 heterocycles. The molecule has 0 aliphatic carbocycles. The van der Waals surface area contributed by atoms with E-state index in [9.17, 15) is 4.39 Å². The maximum atomic E-state index is 13.2. The van der Waals surface area contributed by atoms with Gasteiger partial charge < -0.3 is 15.2 Å². The third kappa shape index (κ3) is 4.81. The van der Waals surface area contributed by atoms with E-state index in [4.69, 9.17) is 15.2 Å². The first kappa shape index (κ1) is 21.4. The number of hydrogen-bond donors (Lipinski definition) is 1. The smallest absolute Gasteiger partial charge is 0.219 e. The number of fused-ring (bicyclic) bond motifs is 1. The number of ether oxygens (including phenoxy) is 2. The quantitative estimate of drug-likeness (QED) is 0.590. The number of pyridine rings is 1. The Balaban J connectivity index is 1.22. The first-order chi connectivity index (χ1) is 16.0. The predicted octanol–water partition coefficient (Wildman–Crippen LogP) is 3.17. The molecule has 2 aliphatic heterocycles. The van der Waals surface area contributed by atoms with E-state index in [1.54, 1.807) is 23.3 Å². The number of hydrogen-bond acceptors (Lipinski definition) is 8. The van der Waals surface area contributed by atoms with Gasteiger partial charge in [-0.25, -0.2) is 9.37 Å². The molecule has 1 fully saturated rings. The van der Waals surface area contributed by atoms with E-state index in [0.717, 1.165) is 23.6 Å². The summed E-state index contributed by atoms with van der Waals surface area (Å²) >= 11 is 0. The predicted molar refractivity (Wildman–Crippen MR) is 123 cm³/mol. The summed E-state index contributed by atoms with van der Waals surface area (Å²) in [6.07, 6.45) is 4.58. The molecule has 1 aromatic carbocycles. The number of aliphatic imine (C=N–C) groups is 1. The fraction of sp³-hybridized carbons (Fsp3) is 0.348. The molecule has 2 aliphatic rings. The Kier molecular flexibility index (Phi) is 5.93. The average molecular weight is 452 g/mol. The number of halogens is 1. The molecule has 2 atom stereocenters. The maximum absolute atomic E-state index is 13.2. The monoisotopic (exact) mass is 451 g/mol. The van der Waals surface area contributed by atoms with E-state index in [2.05, 4.69) is 20.0 Å². The third-order valence-corrected chi connectivity index (χ3v) is 5.69. The molecular weight excluding hydrogens is 425 g/mol. The highest BCUT2D eigenvalue weighted by atomic mass is 19.1. The lowest BCUT2D eigenvalue weighted by atomic mass is 10.1. The van der Waals surface area contributed by atoms with Crippen molar-refractivity contribution in [1.29, 1.82) is 0 Å². The van der Waals surface area contributed by atoms with Crippen molar-refractivity contribution in [2.45, 2.75) is 18.8 Å². The summed E-state index contributed by atoms with van der Waals surface area (Å²) in [4.78, 5) is 12.7. The summed E-state index contributed by atoms with van der Waals surface area (Å²) in [6, 6.07) is 11.1. The summed E-state index contributed by atoms with van der Waals surface area (Å²) < 4.78 is 26.6. The van der Waals surface area contributed by atoms with Crippen LogP contribution in [0.4, 0.5) is 15.9 Å². The van der Waals surface area contributed by atoms with Gasteiger partial charge in [-0.05, 0) is 30.7 Å². The number of aryl methyl sites for hydroxylation is 1. The molecule has 3 aromatic rings. The summed E-state index contributed by atoms with van der Waals surface area (Å²) in [5, 5.41) is 4.44. The molecule has 0 bridgehead atoms. The fourth-order valence-corrected chi connectivity index (χ4v) is 3.96. The molecule has 10 heteroatoms. The van der Waals surface area contributed by atoms with Crippen LogP contribution in [0.25, 0.3) is 0 Å². The topological polar surface area (TPSA) is 94.0 Å². The Labute approximate surface area is 191 Å². The minimum Gasteiger partial charge on any atom is -0.491 e. The van der Waals surface area contributed by atoms with E-state index in [-0.39, 0.29) is 0 Å². The van der Waals surface area contributed by atoms with Crippen LogP contribution in [0.15, 0.2) is 53.8 Å². The van der Waals surface area contributed by atoms with Gasteiger partial charge in [-0.15, -0.1) is 0 Å². The van der Waals surface area contributed by atoms with Gasteiger partial charge in [0.1, 0.15) is 30.4 Å². The van der Waals surface area contributed by atoms with Crippen molar-refractivity contribution < 1.29 is 13.9 Å². The van der Waals surface area contributed by atoms with Gasteiger partial charge >= 0.3 is 0 Å². The standard InChI is InChI=1S/C23H26FN7O2/c1-29-8-7-21(28-29)31-15-27-23(25)19-12-17(2-4-20(19)31)33-22-5-3-18(13-26-22)32-11-10-30-9-6-16(24)14-30/h2-5,7-8,12-13,15-16,23H,6,9-11,14,25H2,1H3/t16-,23?/m1/s1. The summed E-state index contributed by atoms with van der Waals surface area (Å²) in [5.41, 5.74) is 7.94. The second-order valence-corrected chi connectivity index (χ2v) is 8.12. The molecule has 1 saturated heterocycles. The van der Waals surface area contributed by atoms with Crippen LogP contribution < -0.4 is 20.1 Å². The number of benzene rings is 1. The minimum atomic E-state index is -0.717. The number of nitrogens with two attached hydrogens (primary N) is 1. The molecule has 9 nitrogen and oxygen atoms in total. The minimum absolute atomic E-state index is 0.441. The lowest BCUT2D eigenvalue weighted by Gasteiger charge is -2.27. The highest BCUT2D eigenvalue weighted by Crippen LogP contribution is 2.36. The molecule has 5 rings (SSSR count). The maximum Gasteiger partial charge on any atom is 0.219 e. The van der Waals surface area contributed by atoms with Crippen molar-refractivity contribution in [2.24, 2.45) is 17.8 Å². The normalized spacial score (nSPS) is 20.2. The van der Waals surface area contributed by atoms with Gasteiger partial charge in [-0.2, -0.15) is 5.10 Å². The Morgan fingerprint density at radius 3 is 2.79 bits per heavy atom. The van der Waals surface area contributed by atoms with Crippen LogP contribution in [0.2, 0.25) is 0 Å². The molecule has 2 aromatic heterocycles. The Hall–Kier alpha value is -3.50. The Morgan fingerprint density at radius 2 is 2.06 bits per heavy atom. The lowest BCUT2D eigenvalue weighted by Crippen LogP contribution is -2.26. The molecule has 1 unspecified atom stereocenters. The number of nitrogens with zero attached hydrogens (tertiary/aromatic N) is 6. The van der Waals surface area contributed by atoms with Gasteiger partial charge in [0.25, 0.3) is 0 Å². The first-order valence-corrected chi connectivity index (χ1v) is 10.9. The molecule has 0 radical (unpaired) electrons. The highest BCUT2D eigenvalue weighted by molar-refractivity contribution is 5.91. The second kappa shape index (κ2) is 9.16. The number of anilines is 2. The van der Waals surface area contributed by atoms with Crippen LogP contribution in [0.5, 0.6) is 17.4 Å². The van der Waals surface area contributed by atoms with E-state index >= 15 is 0 Å². The zero-order valence-corrected chi connectivity index (χ0v) is 18.3. The van der Waals surface area contributed by atoms with Crippen molar-refractivity contribution in [3.63, 3.8) is 0 Å². The van der Waals surface area contributed by atoms with Crippen LogP contribution in [0, 0.1) is 0 Å². The van der Waals surface area contributed by atoms with Gasteiger partial charge in [0.15, 0.2) is 5.82 Å². The number of rotatable bonds is 7. The van der Waals surface area contributed by atoms with Crippen molar-refractivity contribution in [3.8, 4) is 17.4 Å². The second-order valence-electron chi connectivity index (χ2n) is 8.12. The Bertz CT molecular complexity index is 1130. The van der Waals surface area contributed by atoms with Crippen molar-refractivity contribution in [2.75, 3.05) is 31.1 Å². The Morgan fingerprint density at radius 1 is 1.18 bits per heavy atom. The molecule has 0 saturated carbocycles. The molecule has 2 N–H and O–H groups in total. The molecule has 0 spiro atoms. The van der Waals surface area contributed by atoms with E-state index < -0.39 is 12.3 Å². The number of alkyl halides is 1. The summed E-state index contributed by atoms with van der Waals surface area (Å²) in [5.74, 6) is 2.45. The first-order valence-electron chi connectivity index (χ1n) is 10.9. The van der Waals surface area contributed by atoms with Crippen LogP contribution in [0.3, 0.4) is 0 Å². The molecular formula is C23H26FN7O2.